The predicted molar refractivity (Wildman–Crippen MR) is 76.1 cm³/mol. The van der Waals surface area contributed by atoms with Crippen molar-refractivity contribution in [3.63, 3.8) is 0 Å². The fourth-order valence-electron chi connectivity index (χ4n) is 3.06. The van der Waals surface area contributed by atoms with Crippen LogP contribution in [0.4, 0.5) is 8.78 Å². The lowest BCUT2D eigenvalue weighted by molar-refractivity contribution is 0.0188. The number of alkyl halides is 2. The number of nitrogens with one attached hydrogen (secondary N) is 1. The van der Waals surface area contributed by atoms with Gasteiger partial charge in [0, 0.05) is 55.9 Å². The van der Waals surface area contributed by atoms with Crippen molar-refractivity contribution in [2.45, 2.75) is 12.5 Å². The first-order chi connectivity index (χ1) is 9.68. The summed E-state index contributed by atoms with van der Waals surface area (Å²) < 4.78 is 29.2. The van der Waals surface area contributed by atoms with E-state index in [0.717, 1.165) is 29.6 Å². The Labute approximate surface area is 117 Å². The standard InChI is InChI=1S/C15H19F2N3/c1-19-10-12(11-4-2-3-5-13(11)19)14(15(16)17)20-8-6-18-7-9-20/h2-5,10,14-15,18H,6-9H2,1H3/t14-/m0/s1. The van der Waals surface area contributed by atoms with Gasteiger partial charge in [-0.3, -0.25) is 4.90 Å². The summed E-state index contributed by atoms with van der Waals surface area (Å²) in [4.78, 5) is 1.89. The number of piperazine rings is 1. The van der Waals surface area contributed by atoms with E-state index >= 15 is 0 Å². The van der Waals surface area contributed by atoms with Gasteiger partial charge in [-0.15, -0.1) is 0 Å². The van der Waals surface area contributed by atoms with Crippen LogP contribution in [0.15, 0.2) is 30.5 Å². The molecule has 1 fully saturated rings. The number of fused-ring (bicyclic) bond motifs is 1. The molecule has 1 aliphatic heterocycles. The lowest BCUT2D eigenvalue weighted by Gasteiger charge is -2.34. The molecule has 108 valence electrons. The van der Waals surface area contributed by atoms with Gasteiger partial charge in [0.25, 0.3) is 6.43 Å². The van der Waals surface area contributed by atoms with Crippen molar-refractivity contribution in [2.24, 2.45) is 7.05 Å². The second-order valence-electron chi connectivity index (χ2n) is 5.28. The predicted octanol–water partition coefficient (Wildman–Crippen LogP) is 2.39. The summed E-state index contributed by atoms with van der Waals surface area (Å²) in [6, 6.07) is 6.94. The quantitative estimate of drug-likeness (QED) is 0.931. The van der Waals surface area contributed by atoms with Crippen molar-refractivity contribution in [3.05, 3.63) is 36.0 Å². The lowest BCUT2D eigenvalue weighted by Crippen LogP contribution is -2.46. The Morgan fingerprint density at radius 2 is 1.85 bits per heavy atom. The van der Waals surface area contributed by atoms with Crippen molar-refractivity contribution in [1.29, 1.82) is 0 Å². The highest BCUT2D eigenvalue weighted by atomic mass is 19.3. The first kappa shape index (κ1) is 13.5. The molecular weight excluding hydrogens is 260 g/mol. The van der Waals surface area contributed by atoms with Crippen LogP contribution in [0.5, 0.6) is 0 Å². The molecule has 0 aliphatic carbocycles. The average Bonchev–Trinajstić information content (AvgIpc) is 2.78. The number of rotatable bonds is 3. The number of para-hydroxylation sites is 1. The average molecular weight is 279 g/mol. The molecule has 3 nitrogen and oxygen atoms in total. The zero-order chi connectivity index (χ0) is 14.1. The molecule has 0 radical (unpaired) electrons. The SMILES string of the molecule is Cn1cc([C@@H](C(F)F)N2CCNCC2)c2ccccc21. The molecule has 0 spiro atoms. The largest absolute Gasteiger partial charge is 0.350 e. The van der Waals surface area contributed by atoms with Gasteiger partial charge in [-0.2, -0.15) is 0 Å². The maximum Gasteiger partial charge on any atom is 0.258 e. The number of aryl methyl sites for hydroxylation is 1. The monoisotopic (exact) mass is 279 g/mol. The summed E-state index contributed by atoms with van der Waals surface area (Å²) in [6.07, 6.45) is -0.525. The number of benzene rings is 1. The smallest absolute Gasteiger partial charge is 0.258 e. The molecule has 1 aromatic heterocycles. The molecule has 20 heavy (non-hydrogen) atoms. The van der Waals surface area contributed by atoms with Crippen molar-refractivity contribution in [1.82, 2.24) is 14.8 Å². The highest BCUT2D eigenvalue weighted by molar-refractivity contribution is 5.84. The van der Waals surface area contributed by atoms with Gasteiger partial charge in [-0.05, 0) is 6.07 Å². The van der Waals surface area contributed by atoms with Gasteiger partial charge in [0.05, 0.1) is 6.04 Å². The molecule has 0 amide bonds. The minimum atomic E-state index is -2.38. The van der Waals surface area contributed by atoms with Gasteiger partial charge in [-0.1, -0.05) is 18.2 Å². The molecule has 0 saturated carbocycles. The van der Waals surface area contributed by atoms with Crippen LogP contribution < -0.4 is 5.32 Å². The molecule has 5 heteroatoms. The molecule has 2 aromatic rings. The Hall–Kier alpha value is -1.46. The number of nitrogens with zero attached hydrogens (tertiary/aromatic N) is 2. The molecule has 1 aliphatic rings. The third-order valence-electron chi connectivity index (χ3n) is 4.03. The molecule has 0 bridgehead atoms. The Kier molecular flexibility index (Phi) is 3.72. The van der Waals surface area contributed by atoms with Gasteiger partial charge in [-0.25, -0.2) is 8.78 Å². The van der Waals surface area contributed by atoms with Crippen molar-refractivity contribution in [2.75, 3.05) is 26.2 Å². The molecule has 3 rings (SSSR count). The maximum atomic E-state index is 13.6. The normalized spacial score (nSPS) is 18.8. The van der Waals surface area contributed by atoms with E-state index < -0.39 is 12.5 Å². The zero-order valence-corrected chi connectivity index (χ0v) is 11.5. The zero-order valence-electron chi connectivity index (χ0n) is 11.5. The summed E-state index contributed by atoms with van der Waals surface area (Å²) in [5, 5.41) is 4.14. The van der Waals surface area contributed by atoms with E-state index in [9.17, 15) is 8.78 Å². The highest BCUT2D eigenvalue weighted by Gasteiger charge is 2.32. The fourth-order valence-corrected chi connectivity index (χ4v) is 3.06. The molecular formula is C15H19F2N3. The summed E-state index contributed by atoms with van der Waals surface area (Å²) in [6.45, 7) is 2.87. The van der Waals surface area contributed by atoms with E-state index in [4.69, 9.17) is 0 Å². The van der Waals surface area contributed by atoms with E-state index in [1.807, 2.05) is 47.0 Å². The topological polar surface area (TPSA) is 20.2 Å². The van der Waals surface area contributed by atoms with E-state index in [0.29, 0.717) is 13.1 Å². The number of halogens is 2. The second kappa shape index (κ2) is 5.50. The van der Waals surface area contributed by atoms with E-state index in [1.54, 1.807) is 0 Å². The molecule has 1 saturated heterocycles. The minimum absolute atomic E-state index is 0.665. The molecule has 2 heterocycles. The third kappa shape index (κ3) is 2.31. The van der Waals surface area contributed by atoms with Crippen LogP contribution in [0.1, 0.15) is 11.6 Å². The minimum Gasteiger partial charge on any atom is -0.350 e. The van der Waals surface area contributed by atoms with Gasteiger partial charge in [0.1, 0.15) is 0 Å². The van der Waals surface area contributed by atoms with Gasteiger partial charge < -0.3 is 9.88 Å². The number of hydrogen-bond acceptors (Lipinski definition) is 2. The van der Waals surface area contributed by atoms with Crippen LogP contribution in [0.25, 0.3) is 10.9 Å². The summed E-state index contributed by atoms with van der Waals surface area (Å²) in [5.74, 6) is 0. The van der Waals surface area contributed by atoms with Crippen LogP contribution in [0.3, 0.4) is 0 Å². The van der Waals surface area contributed by atoms with Gasteiger partial charge >= 0.3 is 0 Å². The van der Waals surface area contributed by atoms with Crippen molar-refractivity contribution >= 4 is 10.9 Å². The molecule has 1 atom stereocenters. The molecule has 1 N–H and O–H groups in total. The lowest BCUT2D eigenvalue weighted by atomic mass is 10.0. The number of hydrogen-bond donors (Lipinski definition) is 1. The fraction of sp³-hybridized carbons (Fsp3) is 0.467. The molecule has 0 unspecified atom stereocenters. The van der Waals surface area contributed by atoms with E-state index in [1.165, 1.54) is 0 Å². The van der Waals surface area contributed by atoms with Crippen LogP contribution in [0.2, 0.25) is 0 Å². The van der Waals surface area contributed by atoms with Gasteiger partial charge in [0.2, 0.25) is 0 Å². The third-order valence-corrected chi connectivity index (χ3v) is 4.03. The number of aromatic nitrogens is 1. The summed E-state index contributed by atoms with van der Waals surface area (Å²) in [5.41, 5.74) is 1.74. The maximum absolute atomic E-state index is 13.6. The second-order valence-corrected chi connectivity index (χ2v) is 5.28. The van der Waals surface area contributed by atoms with Crippen LogP contribution in [0, 0.1) is 0 Å². The first-order valence-electron chi connectivity index (χ1n) is 6.95. The Bertz CT molecular complexity index is 588. The van der Waals surface area contributed by atoms with Crippen molar-refractivity contribution in [3.8, 4) is 0 Å². The first-order valence-corrected chi connectivity index (χ1v) is 6.95. The molecule has 1 aromatic carbocycles. The van der Waals surface area contributed by atoms with E-state index in [-0.39, 0.29) is 0 Å². The summed E-state index contributed by atoms with van der Waals surface area (Å²) in [7, 11) is 1.91. The van der Waals surface area contributed by atoms with Crippen LogP contribution in [-0.2, 0) is 7.05 Å². The van der Waals surface area contributed by atoms with Crippen LogP contribution >= 0.6 is 0 Å². The van der Waals surface area contributed by atoms with Crippen LogP contribution in [-0.4, -0.2) is 42.1 Å². The van der Waals surface area contributed by atoms with Gasteiger partial charge in [0.15, 0.2) is 0 Å². The Balaban J connectivity index is 2.05. The Morgan fingerprint density at radius 1 is 1.15 bits per heavy atom. The van der Waals surface area contributed by atoms with Crippen molar-refractivity contribution < 1.29 is 8.78 Å². The Morgan fingerprint density at radius 3 is 2.55 bits per heavy atom. The summed E-state index contributed by atoms with van der Waals surface area (Å²) >= 11 is 0. The highest BCUT2D eigenvalue weighted by Crippen LogP contribution is 2.33. The van der Waals surface area contributed by atoms with E-state index in [2.05, 4.69) is 5.32 Å².